The fourth-order valence-corrected chi connectivity index (χ4v) is 4.97. The number of ketones is 2. The molecule has 0 radical (unpaired) electrons. The van der Waals surface area contributed by atoms with Gasteiger partial charge in [-0.05, 0) is 30.3 Å². The first-order valence-electron chi connectivity index (χ1n) is 11.7. The molecule has 39 heavy (non-hydrogen) atoms. The van der Waals surface area contributed by atoms with Crippen LogP contribution in [0.3, 0.4) is 0 Å². The summed E-state index contributed by atoms with van der Waals surface area (Å²) < 4.78 is 0. The number of anilines is 2. The van der Waals surface area contributed by atoms with Crippen molar-refractivity contribution >= 4 is 52.2 Å². The van der Waals surface area contributed by atoms with E-state index in [1.54, 1.807) is 66.7 Å². The van der Waals surface area contributed by atoms with Crippen LogP contribution in [-0.4, -0.2) is 34.1 Å². The Bertz CT molecular complexity index is 1680. The van der Waals surface area contributed by atoms with Crippen LogP contribution >= 0.6 is 11.8 Å². The number of benzene rings is 4. The molecule has 0 bridgehead atoms. The third-order valence-corrected chi connectivity index (χ3v) is 7.00. The number of thioether (sulfide) groups is 1. The predicted molar refractivity (Wildman–Crippen MR) is 147 cm³/mol. The van der Waals surface area contributed by atoms with Crippen LogP contribution < -0.4 is 10.6 Å². The fraction of sp³-hybridized carbons (Fsp3) is 0.0345. The van der Waals surface area contributed by atoms with Gasteiger partial charge in [0, 0.05) is 45.0 Å². The van der Waals surface area contributed by atoms with Crippen LogP contribution in [0, 0.1) is 10.1 Å². The summed E-state index contributed by atoms with van der Waals surface area (Å²) in [7, 11) is 0. The minimum atomic E-state index is -0.572. The molecule has 2 N–H and O–H groups in total. The molecule has 0 saturated heterocycles. The number of fused-ring (bicyclic) bond motifs is 2. The molecule has 4 aromatic rings. The lowest BCUT2D eigenvalue weighted by molar-refractivity contribution is -0.384. The first-order chi connectivity index (χ1) is 18.8. The molecule has 0 aromatic heterocycles. The Hall–Kier alpha value is -5.09. The second-order valence-corrected chi connectivity index (χ2v) is 9.61. The second kappa shape index (κ2) is 10.7. The Kier molecular flexibility index (Phi) is 7.02. The lowest BCUT2D eigenvalue weighted by atomic mass is 9.83. The Morgan fingerprint density at radius 1 is 0.769 bits per heavy atom. The van der Waals surface area contributed by atoms with Crippen LogP contribution in [0.1, 0.15) is 42.2 Å². The van der Waals surface area contributed by atoms with Crippen LogP contribution in [0.25, 0.3) is 0 Å². The zero-order chi connectivity index (χ0) is 27.5. The summed E-state index contributed by atoms with van der Waals surface area (Å²) >= 11 is 1.21. The van der Waals surface area contributed by atoms with Crippen molar-refractivity contribution in [2.45, 2.75) is 4.90 Å². The van der Waals surface area contributed by atoms with Gasteiger partial charge in [-0.25, -0.2) is 0 Å². The summed E-state index contributed by atoms with van der Waals surface area (Å²) in [4.78, 5) is 62.5. The van der Waals surface area contributed by atoms with Gasteiger partial charge in [-0.2, -0.15) is 0 Å². The molecule has 0 unspecified atom stereocenters. The molecule has 0 spiro atoms. The summed E-state index contributed by atoms with van der Waals surface area (Å²) in [5.41, 5.74) is 1.74. The maximum atomic E-state index is 13.1. The summed E-state index contributed by atoms with van der Waals surface area (Å²) in [6.45, 7) is 0. The first-order valence-corrected chi connectivity index (χ1v) is 12.7. The van der Waals surface area contributed by atoms with Crippen molar-refractivity contribution in [3.8, 4) is 0 Å². The van der Waals surface area contributed by atoms with Gasteiger partial charge in [0.25, 0.3) is 11.6 Å². The van der Waals surface area contributed by atoms with Gasteiger partial charge in [-0.1, -0.05) is 48.5 Å². The van der Waals surface area contributed by atoms with E-state index in [1.807, 2.05) is 0 Å². The monoisotopic (exact) mass is 537 g/mol. The van der Waals surface area contributed by atoms with Crippen LogP contribution in [0.2, 0.25) is 0 Å². The molecular weight excluding hydrogens is 518 g/mol. The third-order valence-electron chi connectivity index (χ3n) is 6.01. The molecule has 0 atom stereocenters. The first kappa shape index (κ1) is 25.6. The molecule has 0 aliphatic heterocycles. The van der Waals surface area contributed by atoms with Gasteiger partial charge < -0.3 is 10.6 Å². The van der Waals surface area contributed by atoms with Crippen LogP contribution in [-0.2, 0) is 4.79 Å². The van der Waals surface area contributed by atoms with Crippen molar-refractivity contribution < 1.29 is 24.1 Å². The van der Waals surface area contributed by atoms with Gasteiger partial charge in [0.05, 0.1) is 21.9 Å². The van der Waals surface area contributed by atoms with Gasteiger partial charge in [-0.15, -0.1) is 11.8 Å². The van der Waals surface area contributed by atoms with Gasteiger partial charge in [0.1, 0.15) is 0 Å². The van der Waals surface area contributed by atoms with E-state index in [-0.39, 0.29) is 51.3 Å². The maximum Gasteiger partial charge on any atom is 0.270 e. The Morgan fingerprint density at radius 3 is 2.23 bits per heavy atom. The number of nitrogens with one attached hydrogen (secondary N) is 2. The van der Waals surface area contributed by atoms with E-state index < -0.39 is 10.8 Å². The largest absolute Gasteiger partial charge is 0.325 e. The summed E-state index contributed by atoms with van der Waals surface area (Å²) in [6, 6.07) is 23.6. The third kappa shape index (κ3) is 5.32. The molecule has 1 aliphatic rings. The second-order valence-electron chi connectivity index (χ2n) is 8.56. The van der Waals surface area contributed by atoms with Crippen molar-refractivity contribution in [1.29, 1.82) is 0 Å². The number of nitrogens with zero attached hydrogens (tertiary/aromatic N) is 1. The zero-order valence-electron chi connectivity index (χ0n) is 20.2. The summed E-state index contributed by atoms with van der Waals surface area (Å²) in [6.07, 6.45) is 0. The Labute approximate surface area is 226 Å². The highest BCUT2D eigenvalue weighted by Crippen LogP contribution is 2.32. The molecule has 192 valence electrons. The average Bonchev–Trinajstić information content (AvgIpc) is 2.95. The SMILES string of the molecule is O=C(CSc1cccc(NC(=O)c2cccc([N+](=O)[O-])c2)c1)Nc1cccc2c1C(=O)c1ccccc1C2=O. The predicted octanol–water partition coefficient (Wildman–Crippen LogP) is 5.35. The van der Waals surface area contributed by atoms with Crippen molar-refractivity contribution in [1.82, 2.24) is 0 Å². The number of hydrogen-bond acceptors (Lipinski definition) is 7. The number of amides is 2. The quantitative estimate of drug-likeness (QED) is 0.162. The van der Waals surface area contributed by atoms with E-state index in [2.05, 4.69) is 10.6 Å². The van der Waals surface area contributed by atoms with Gasteiger partial charge >= 0.3 is 0 Å². The van der Waals surface area contributed by atoms with Crippen molar-refractivity contribution in [3.63, 3.8) is 0 Å². The number of nitro groups is 1. The average molecular weight is 538 g/mol. The number of nitro benzene ring substituents is 1. The van der Waals surface area contributed by atoms with E-state index in [0.717, 1.165) is 0 Å². The smallest absolute Gasteiger partial charge is 0.270 e. The minimum absolute atomic E-state index is 0.00463. The molecule has 9 nitrogen and oxygen atoms in total. The topological polar surface area (TPSA) is 135 Å². The van der Waals surface area contributed by atoms with E-state index >= 15 is 0 Å². The number of non-ortho nitro benzene ring substituents is 1. The molecule has 5 rings (SSSR count). The van der Waals surface area contributed by atoms with Crippen LogP contribution in [0.5, 0.6) is 0 Å². The lowest BCUT2D eigenvalue weighted by Gasteiger charge is -2.20. The minimum Gasteiger partial charge on any atom is -0.325 e. The van der Waals surface area contributed by atoms with Crippen LogP contribution in [0.4, 0.5) is 17.1 Å². The molecule has 0 fully saturated rings. The normalized spacial score (nSPS) is 11.8. The van der Waals surface area contributed by atoms with E-state index in [4.69, 9.17) is 0 Å². The summed E-state index contributed by atoms with van der Waals surface area (Å²) in [5.74, 6) is -1.47. The van der Waals surface area contributed by atoms with E-state index in [0.29, 0.717) is 21.7 Å². The van der Waals surface area contributed by atoms with Gasteiger partial charge in [-0.3, -0.25) is 29.3 Å². The highest BCUT2D eigenvalue weighted by atomic mass is 32.2. The molecule has 10 heteroatoms. The summed E-state index contributed by atoms with van der Waals surface area (Å²) in [5, 5.41) is 16.4. The maximum absolute atomic E-state index is 13.1. The number of carbonyl (C=O) groups excluding carboxylic acids is 4. The highest BCUT2D eigenvalue weighted by Gasteiger charge is 2.31. The van der Waals surface area contributed by atoms with Crippen molar-refractivity contribution in [3.05, 3.63) is 129 Å². The highest BCUT2D eigenvalue weighted by molar-refractivity contribution is 8.00. The zero-order valence-corrected chi connectivity index (χ0v) is 21.0. The molecule has 0 saturated carbocycles. The Morgan fingerprint density at radius 2 is 1.46 bits per heavy atom. The molecular formula is C29H19N3O6S. The number of rotatable bonds is 7. The number of hydrogen-bond donors (Lipinski definition) is 2. The molecule has 1 aliphatic carbocycles. The molecule has 2 amide bonds. The molecule has 0 heterocycles. The Balaban J connectivity index is 1.25. The van der Waals surface area contributed by atoms with Crippen molar-refractivity contribution in [2.75, 3.05) is 16.4 Å². The van der Waals surface area contributed by atoms with Crippen LogP contribution in [0.15, 0.2) is 95.9 Å². The van der Waals surface area contributed by atoms with E-state index in [1.165, 1.54) is 36.0 Å². The van der Waals surface area contributed by atoms with Crippen molar-refractivity contribution in [2.24, 2.45) is 0 Å². The van der Waals surface area contributed by atoms with Gasteiger partial charge in [0.15, 0.2) is 11.6 Å². The number of carbonyl (C=O) groups is 4. The van der Waals surface area contributed by atoms with E-state index in [9.17, 15) is 29.3 Å². The lowest BCUT2D eigenvalue weighted by Crippen LogP contribution is -2.24. The fourth-order valence-electron chi connectivity index (χ4n) is 4.21. The molecule has 4 aromatic carbocycles. The van der Waals surface area contributed by atoms with Gasteiger partial charge in [0.2, 0.25) is 5.91 Å². The standard InChI is InChI=1S/C29H19N3O6S/c33-25(31-24-13-5-12-23-26(24)28(35)22-11-2-1-10-21(22)27(23)34)16-39-20-9-4-7-18(15-20)30-29(36)17-6-3-8-19(14-17)32(37)38/h1-15H,16H2,(H,30,36)(H,31,33).